The van der Waals surface area contributed by atoms with Gasteiger partial charge in [-0.3, -0.25) is 0 Å². The number of hydrogen-bond acceptors (Lipinski definition) is 1. The summed E-state index contributed by atoms with van der Waals surface area (Å²) in [6, 6.07) is 1.33. The highest BCUT2D eigenvalue weighted by Crippen LogP contribution is 2.44. The summed E-state index contributed by atoms with van der Waals surface area (Å²) in [5.41, 5.74) is 0.388. The van der Waals surface area contributed by atoms with Crippen LogP contribution < -0.4 is 0 Å². The average Bonchev–Trinajstić information content (AvgIpc) is 1.80. The monoisotopic (exact) mass is 200 g/mol. The van der Waals surface area contributed by atoms with Crippen LogP contribution in [-0.4, -0.2) is 13.9 Å². The molecule has 1 rings (SSSR count). The Hall–Kier alpha value is 0.177. The minimum atomic E-state index is -1.34. The molecule has 1 aliphatic heterocycles. The van der Waals surface area contributed by atoms with Gasteiger partial charge in [-0.15, -0.1) is 0 Å². The highest BCUT2D eigenvalue weighted by molar-refractivity contribution is 6.71. The molecule has 1 atom stereocenters. The quantitative estimate of drug-likeness (QED) is 0.540. The van der Waals surface area contributed by atoms with Crippen molar-refractivity contribution in [2.24, 2.45) is 5.41 Å². The SMILES string of the molecule is CC(C)(C)C1(C)CCC[Si](C)(C)O1. The lowest BCUT2D eigenvalue weighted by Crippen LogP contribution is -2.53. The first kappa shape index (κ1) is 11.3. The van der Waals surface area contributed by atoms with E-state index in [9.17, 15) is 0 Å². The normalized spacial score (nSPS) is 34.6. The standard InChI is InChI=1S/C11H24OSi/c1-10(2,3)11(4)8-7-9-13(5,6)12-11/h7-9H2,1-6H3. The Labute approximate surface area is 84.0 Å². The highest BCUT2D eigenvalue weighted by Gasteiger charge is 2.45. The highest BCUT2D eigenvalue weighted by atomic mass is 28.4. The van der Waals surface area contributed by atoms with Crippen LogP contribution in [0.4, 0.5) is 0 Å². The van der Waals surface area contributed by atoms with Gasteiger partial charge in [-0.25, -0.2) is 0 Å². The van der Waals surface area contributed by atoms with Gasteiger partial charge in [-0.2, -0.15) is 0 Å². The van der Waals surface area contributed by atoms with E-state index in [0.717, 1.165) is 0 Å². The number of rotatable bonds is 0. The van der Waals surface area contributed by atoms with Gasteiger partial charge >= 0.3 is 0 Å². The van der Waals surface area contributed by atoms with E-state index < -0.39 is 8.32 Å². The molecule has 0 bridgehead atoms. The molecule has 1 aliphatic rings. The molecule has 13 heavy (non-hydrogen) atoms. The zero-order chi connectivity index (χ0) is 10.3. The van der Waals surface area contributed by atoms with E-state index in [0.29, 0.717) is 0 Å². The maximum Gasteiger partial charge on any atom is 0.187 e. The van der Waals surface area contributed by atoms with E-state index in [4.69, 9.17) is 4.43 Å². The minimum Gasteiger partial charge on any atom is -0.412 e. The second-order valence-electron chi connectivity index (χ2n) is 6.20. The molecule has 1 heterocycles. The van der Waals surface area contributed by atoms with E-state index in [1.165, 1.54) is 18.9 Å². The van der Waals surface area contributed by atoms with Gasteiger partial charge < -0.3 is 4.43 Å². The molecule has 0 N–H and O–H groups in total. The first-order valence-corrected chi connectivity index (χ1v) is 8.48. The van der Waals surface area contributed by atoms with Gasteiger partial charge in [-0.1, -0.05) is 27.2 Å². The second kappa shape index (κ2) is 3.09. The second-order valence-corrected chi connectivity index (χ2v) is 10.4. The van der Waals surface area contributed by atoms with Gasteiger partial charge in [0, 0.05) is 0 Å². The van der Waals surface area contributed by atoms with Gasteiger partial charge in [-0.05, 0) is 37.9 Å². The molecular weight excluding hydrogens is 176 g/mol. The lowest BCUT2D eigenvalue weighted by atomic mass is 9.75. The first-order chi connectivity index (χ1) is 5.66. The van der Waals surface area contributed by atoms with E-state index in [1.54, 1.807) is 0 Å². The Morgan fingerprint density at radius 3 is 2.08 bits per heavy atom. The van der Waals surface area contributed by atoms with Crippen molar-refractivity contribution in [3.05, 3.63) is 0 Å². The molecule has 1 fully saturated rings. The Kier molecular flexibility index (Phi) is 2.68. The first-order valence-electron chi connectivity index (χ1n) is 5.37. The Balaban J connectivity index is 2.81. The molecule has 2 heteroatoms. The summed E-state index contributed by atoms with van der Waals surface area (Å²) in [6.07, 6.45) is 2.58. The zero-order valence-corrected chi connectivity index (χ0v) is 11.0. The van der Waals surface area contributed by atoms with Crippen LogP contribution >= 0.6 is 0 Å². The van der Waals surface area contributed by atoms with Crippen molar-refractivity contribution in [1.82, 2.24) is 0 Å². The van der Waals surface area contributed by atoms with E-state index in [2.05, 4.69) is 40.8 Å². The fraction of sp³-hybridized carbons (Fsp3) is 1.00. The zero-order valence-electron chi connectivity index (χ0n) is 10.0. The van der Waals surface area contributed by atoms with Crippen LogP contribution in [-0.2, 0) is 4.43 Å². The summed E-state index contributed by atoms with van der Waals surface area (Å²) in [5, 5.41) is 0. The van der Waals surface area contributed by atoms with Crippen LogP contribution in [0.15, 0.2) is 0 Å². The third kappa shape index (κ3) is 2.35. The van der Waals surface area contributed by atoms with Crippen LogP contribution in [0.5, 0.6) is 0 Å². The van der Waals surface area contributed by atoms with Crippen molar-refractivity contribution in [2.75, 3.05) is 0 Å². The fourth-order valence-corrected chi connectivity index (χ4v) is 4.85. The topological polar surface area (TPSA) is 9.23 Å². The number of hydrogen-bond donors (Lipinski definition) is 0. The predicted octanol–water partition coefficient (Wildman–Crippen LogP) is 3.81. The van der Waals surface area contributed by atoms with Crippen molar-refractivity contribution in [1.29, 1.82) is 0 Å². The summed E-state index contributed by atoms with van der Waals surface area (Å²) >= 11 is 0. The molecule has 1 unspecified atom stereocenters. The summed E-state index contributed by atoms with van der Waals surface area (Å²) in [6.45, 7) is 13.9. The van der Waals surface area contributed by atoms with Crippen LogP contribution in [0.25, 0.3) is 0 Å². The molecule has 0 aromatic heterocycles. The van der Waals surface area contributed by atoms with Crippen molar-refractivity contribution >= 4 is 8.32 Å². The summed E-state index contributed by atoms with van der Waals surface area (Å²) in [7, 11) is -1.34. The Bertz CT molecular complexity index is 193. The molecule has 0 spiro atoms. The van der Waals surface area contributed by atoms with E-state index in [-0.39, 0.29) is 11.0 Å². The van der Waals surface area contributed by atoms with Gasteiger partial charge in [0.2, 0.25) is 0 Å². The smallest absolute Gasteiger partial charge is 0.187 e. The molecule has 0 aromatic carbocycles. The fourth-order valence-electron chi connectivity index (χ4n) is 2.09. The molecule has 0 aromatic rings. The van der Waals surface area contributed by atoms with Gasteiger partial charge in [0.25, 0.3) is 0 Å². The third-order valence-electron chi connectivity index (χ3n) is 3.52. The molecule has 0 saturated carbocycles. The van der Waals surface area contributed by atoms with Crippen molar-refractivity contribution in [3.8, 4) is 0 Å². The minimum absolute atomic E-state index is 0.112. The van der Waals surface area contributed by atoms with Crippen LogP contribution in [0, 0.1) is 5.41 Å². The van der Waals surface area contributed by atoms with Crippen LogP contribution in [0.3, 0.4) is 0 Å². The maximum atomic E-state index is 6.36. The molecule has 1 nitrogen and oxygen atoms in total. The van der Waals surface area contributed by atoms with E-state index >= 15 is 0 Å². The maximum absolute atomic E-state index is 6.36. The molecule has 1 saturated heterocycles. The predicted molar refractivity (Wildman–Crippen MR) is 60.5 cm³/mol. The lowest BCUT2D eigenvalue weighted by Gasteiger charge is -2.50. The Morgan fingerprint density at radius 1 is 1.23 bits per heavy atom. The average molecular weight is 200 g/mol. The lowest BCUT2D eigenvalue weighted by molar-refractivity contribution is -0.0430. The molecule has 0 amide bonds. The molecule has 78 valence electrons. The molecule has 0 radical (unpaired) electrons. The van der Waals surface area contributed by atoms with Crippen molar-refractivity contribution < 1.29 is 4.43 Å². The van der Waals surface area contributed by atoms with E-state index in [1.807, 2.05) is 0 Å². The van der Waals surface area contributed by atoms with Crippen LogP contribution in [0.1, 0.15) is 40.5 Å². The molecule has 0 aliphatic carbocycles. The summed E-state index contributed by atoms with van der Waals surface area (Å²) in [4.78, 5) is 0. The van der Waals surface area contributed by atoms with Crippen LogP contribution in [0.2, 0.25) is 19.1 Å². The van der Waals surface area contributed by atoms with Gasteiger partial charge in [0.05, 0.1) is 5.60 Å². The molecular formula is C11H24OSi. The largest absolute Gasteiger partial charge is 0.412 e. The van der Waals surface area contributed by atoms with Crippen molar-refractivity contribution in [2.45, 2.75) is 65.3 Å². The summed E-state index contributed by atoms with van der Waals surface area (Å²) < 4.78 is 6.36. The van der Waals surface area contributed by atoms with Crippen molar-refractivity contribution in [3.63, 3.8) is 0 Å². The van der Waals surface area contributed by atoms with Gasteiger partial charge in [0.15, 0.2) is 8.32 Å². The third-order valence-corrected chi connectivity index (χ3v) is 6.08. The van der Waals surface area contributed by atoms with Gasteiger partial charge in [0.1, 0.15) is 0 Å². The summed E-state index contributed by atoms with van der Waals surface area (Å²) in [5.74, 6) is 0. The Morgan fingerprint density at radius 2 is 1.77 bits per heavy atom.